The van der Waals surface area contributed by atoms with Gasteiger partial charge < -0.3 is 19.7 Å². The number of halogens is 1. The van der Waals surface area contributed by atoms with Crippen molar-refractivity contribution in [2.24, 2.45) is 4.99 Å². The number of cyclic esters (lactones) is 1. The lowest BCUT2D eigenvalue weighted by Crippen LogP contribution is -2.47. The second kappa shape index (κ2) is 8.63. The van der Waals surface area contributed by atoms with E-state index < -0.39 is 12.2 Å². The molecule has 4 heterocycles. The summed E-state index contributed by atoms with van der Waals surface area (Å²) in [6.07, 6.45) is 0.937. The van der Waals surface area contributed by atoms with E-state index in [4.69, 9.17) is 21.1 Å². The molecule has 1 aromatic heterocycles. The van der Waals surface area contributed by atoms with Gasteiger partial charge in [0.1, 0.15) is 30.3 Å². The van der Waals surface area contributed by atoms with E-state index in [2.05, 4.69) is 22.1 Å². The summed E-state index contributed by atoms with van der Waals surface area (Å²) in [6, 6.07) is 8.89. The maximum atomic E-state index is 12.7. The van der Waals surface area contributed by atoms with Crippen LogP contribution in [0.1, 0.15) is 29.4 Å². The first-order valence-corrected chi connectivity index (χ1v) is 11.9. The number of amidine groups is 1. The van der Waals surface area contributed by atoms with Crippen LogP contribution in [0.2, 0.25) is 4.34 Å². The number of carbonyl (C=O) groups is 2. The molecule has 1 fully saturated rings. The monoisotopic (exact) mass is 474 g/mol. The Balaban J connectivity index is 1.31. The normalized spacial score (nSPS) is 21.9. The summed E-state index contributed by atoms with van der Waals surface area (Å²) in [7, 11) is 0. The second-order valence-electron chi connectivity index (χ2n) is 7.79. The summed E-state index contributed by atoms with van der Waals surface area (Å²) in [6.45, 7) is 4.37. The van der Waals surface area contributed by atoms with Crippen molar-refractivity contribution in [1.82, 2.24) is 5.32 Å². The standard InChI is InChI=1S/C22H23ClN4O4S/c1-2-20-24-8-3-9-26(20)13-4-5-14-16(10-13)30-12-15-17(31-22(29)27(14)15)11-25-21(28)18-6-7-19(23)32-18/h4-7,10,15,17H,2-3,8-9,11-12H2,1H3,(H,25,28)/t15-,17-/m0/s1. The lowest BCUT2D eigenvalue weighted by molar-refractivity contribution is 0.0890. The van der Waals surface area contributed by atoms with E-state index in [1.54, 1.807) is 17.0 Å². The first-order chi connectivity index (χ1) is 15.5. The van der Waals surface area contributed by atoms with E-state index in [-0.39, 0.29) is 18.5 Å². The molecule has 3 aliphatic heterocycles. The largest absolute Gasteiger partial charge is 0.489 e. The summed E-state index contributed by atoms with van der Waals surface area (Å²) in [4.78, 5) is 34.0. The number of ether oxygens (including phenoxy) is 2. The van der Waals surface area contributed by atoms with Gasteiger partial charge in [0.15, 0.2) is 0 Å². The smallest absolute Gasteiger partial charge is 0.415 e. The molecule has 8 nitrogen and oxygen atoms in total. The van der Waals surface area contributed by atoms with Crippen molar-refractivity contribution < 1.29 is 19.1 Å². The van der Waals surface area contributed by atoms with Crippen LogP contribution in [0.15, 0.2) is 35.3 Å². The van der Waals surface area contributed by atoms with Gasteiger partial charge in [-0.3, -0.25) is 14.7 Å². The highest BCUT2D eigenvalue weighted by Crippen LogP contribution is 2.41. The lowest BCUT2D eigenvalue weighted by Gasteiger charge is -2.33. The van der Waals surface area contributed by atoms with Gasteiger partial charge >= 0.3 is 6.09 Å². The Kier molecular flexibility index (Phi) is 5.69. The average Bonchev–Trinajstić information content (AvgIpc) is 3.40. The minimum absolute atomic E-state index is 0.197. The molecule has 2 aromatic rings. The van der Waals surface area contributed by atoms with E-state index in [0.717, 1.165) is 37.5 Å². The van der Waals surface area contributed by atoms with Gasteiger partial charge in [-0.25, -0.2) is 4.79 Å². The van der Waals surface area contributed by atoms with Crippen molar-refractivity contribution >= 4 is 52.1 Å². The van der Waals surface area contributed by atoms with Gasteiger partial charge in [0.05, 0.1) is 21.4 Å². The van der Waals surface area contributed by atoms with E-state index >= 15 is 0 Å². The van der Waals surface area contributed by atoms with Crippen molar-refractivity contribution in [1.29, 1.82) is 0 Å². The SMILES string of the molecule is CCC1=NCCCN1c1ccc2c(c1)OC[C@H]1[C@H](CNC(=O)c3ccc(Cl)s3)OC(=O)N21. The highest BCUT2D eigenvalue weighted by Gasteiger charge is 2.46. The topological polar surface area (TPSA) is 83.5 Å². The number of nitrogens with one attached hydrogen (secondary N) is 1. The third kappa shape index (κ3) is 3.80. The molecule has 0 unspecified atom stereocenters. The zero-order valence-electron chi connectivity index (χ0n) is 17.5. The number of aliphatic imine (C=N–C) groups is 1. The summed E-state index contributed by atoms with van der Waals surface area (Å²) in [5.74, 6) is 1.47. The summed E-state index contributed by atoms with van der Waals surface area (Å²) < 4.78 is 12.2. The van der Waals surface area contributed by atoms with E-state index in [1.165, 1.54) is 11.3 Å². The maximum absolute atomic E-state index is 12.7. The fourth-order valence-corrected chi connectivity index (χ4v) is 5.27. The number of carbonyl (C=O) groups excluding carboxylic acids is 2. The van der Waals surface area contributed by atoms with Crippen LogP contribution in [0.3, 0.4) is 0 Å². The Bertz CT molecular complexity index is 1090. The molecule has 0 spiro atoms. The fraction of sp³-hybridized carbons (Fsp3) is 0.409. The van der Waals surface area contributed by atoms with Crippen LogP contribution in [-0.2, 0) is 4.74 Å². The molecule has 3 aliphatic rings. The zero-order valence-corrected chi connectivity index (χ0v) is 19.1. The predicted molar refractivity (Wildman–Crippen MR) is 125 cm³/mol. The number of fused-ring (bicyclic) bond motifs is 3. The Labute approximate surface area is 194 Å². The number of amides is 2. The van der Waals surface area contributed by atoms with Gasteiger partial charge in [0, 0.05) is 31.3 Å². The molecule has 5 rings (SSSR count). The Morgan fingerprint density at radius 2 is 2.22 bits per heavy atom. The van der Waals surface area contributed by atoms with Crippen LogP contribution in [0, 0.1) is 0 Å². The van der Waals surface area contributed by atoms with Gasteiger partial charge in [-0.2, -0.15) is 0 Å². The molecule has 168 valence electrons. The lowest BCUT2D eigenvalue weighted by atomic mass is 10.1. The fourth-order valence-electron chi connectivity index (χ4n) is 4.31. The van der Waals surface area contributed by atoms with Crippen LogP contribution >= 0.6 is 22.9 Å². The van der Waals surface area contributed by atoms with Crippen LogP contribution in [0.4, 0.5) is 16.2 Å². The Hall–Kier alpha value is -2.78. The number of nitrogens with zero attached hydrogens (tertiary/aromatic N) is 3. The molecule has 2 amide bonds. The molecular weight excluding hydrogens is 452 g/mol. The molecule has 1 aromatic carbocycles. The number of hydrogen-bond acceptors (Lipinski definition) is 7. The molecule has 1 saturated heterocycles. The number of thiophene rings is 1. The Morgan fingerprint density at radius 3 is 3.00 bits per heavy atom. The van der Waals surface area contributed by atoms with Crippen LogP contribution in [0.25, 0.3) is 0 Å². The molecule has 0 bridgehead atoms. The third-order valence-electron chi connectivity index (χ3n) is 5.86. The zero-order chi connectivity index (χ0) is 22.2. The van der Waals surface area contributed by atoms with Gasteiger partial charge in [-0.15, -0.1) is 11.3 Å². The quantitative estimate of drug-likeness (QED) is 0.709. The third-order valence-corrected chi connectivity index (χ3v) is 7.09. The van der Waals surface area contributed by atoms with Crippen molar-refractivity contribution in [3.63, 3.8) is 0 Å². The van der Waals surface area contributed by atoms with Crippen molar-refractivity contribution in [3.8, 4) is 5.75 Å². The maximum Gasteiger partial charge on any atom is 0.415 e. The average molecular weight is 475 g/mol. The van der Waals surface area contributed by atoms with Gasteiger partial charge in [0.2, 0.25) is 0 Å². The Morgan fingerprint density at radius 1 is 1.34 bits per heavy atom. The molecule has 10 heteroatoms. The molecule has 0 saturated carbocycles. The molecular formula is C22H23ClN4O4S. The van der Waals surface area contributed by atoms with E-state index in [1.807, 2.05) is 18.2 Å². The van der Waals surface area contributed by atoms with Crippen molar-refractivity contribution in [2.45, 2.75) is 31.9 Å². The second-order valence-corrected chi connectivity index (χ2v) is 9.51. The number of anilines is 2. The van der Waals surface area contributed by atoms with Crippen LogP contribution in [-0.4, -0.2) is 56.2 Å². The molecule has 1 N–H and O–H groups in total. The molecule has 0 aliphatic carbocycles. The van der Waals surface area contributed by atoms with Crippen molar-refractivity contribution in [2.75, 3.05) is 36.0 Å². The van der Waals surface area contributed by atoms with Gasteiger partial charge in [0.25, 0.3) is 5.91 Å². The highest BCUT2D eigenvalue weighted by molar-refractivity contribution is 7.18. The van der Waals surface area contributed by atoms with Gasteiger partial charge in [-0.1, -0.05) is 18.5 Å². The van der Waals surface area contributed by atoms with Crippen LogP contribution < -0.4 is 19.9 Å². The van der Waals surface area contributed by atoms with Gasteiger partial charge in [-0.05, 0) is 30.7 Å². The van der Waals surface area contributed by atoms with Crippen LogP contribution in [0.5, 0.6) is 5.75 Å². The minimum atomic E-state index is -0.504. The highest BCUT2D eigenvalue weighted by atomic mass is 35.5. The first-order valence-electron chi connectivity index (χ1n) is 10.7. The molecule has 32 heavy (non-hydrogen) atoms. The number of rotatable bonds is 5. The number of benzene rings is 1. The van der Waals surface area contributed by atoms with Crippen molar-refractivity contribution in [3.05, 3.63) is 39.5 Å². The molecule has 0 radical (unpaired) electrons. The summed E-state index contributed by atoms with van der Waals surface area (Å²) >= 11 is 7.11. The summed E-state index contributed by atoms with van der Waals surface area (Å²) in [5.41, 5.74) is 1.69. The van der Waals surface area contributed by atoms with E-state index in [0.29, 0.717) is 27.3 Å². The number of hydrogen-bond donors (Lipinski definition) is 1. The summed E-state index contributed by atoms with van der Waals surface area (Å²) in [5, 5.41) is 2.83. The first kappa shape index (κ1) is 21.1. The minimum Gasteiger partial charge on any atom is -0.489 e. The molecule has 2 atom stereocenters. The van der Waals surface area contributed by atoms with E-state index in [9.17, 15) is 9.59 Å². The predicted octanol–water partition coefficient (Wildman–Crippen LogP) is 3.94.